The molecule has 2 aliphatic rings. The van der Waals surface area contributed by atoms with Gasteiger partial charge >= 0.3 is 0 Å². The minimum atomic E-state index is 0.101. The predicted molar refractivity (Wildman–Crippen MR) is 95.3 cm³/mol. The van der Waals surface area contributed by atoms with E-state index >= 15 is 0 Å². The molecule has 3 rings (SSSR count). The molecule has 2 saturated heterocycles. The zero-order valence-electron chi connectivity index (χ0n) is 14.1. The highest BCUT2D eigenvalue weighted by Crippen LogP contribution is 2.23. The molecular weight excluding hydrogens is 308 g/mol. The maximum atomic E-state index is 12.3. The van der Waals surface area contributed by atoms with Crippen molar-refractivity contribution in [3.63, 3.8) is 0 Å². The van der Waals surface area contributed by atoms with Crippen molar-refractivity contribution >= 4 is 17.7 Å². The van der Waals surface area contributed by atoms with Gasteiger partial charge in [0.25, 0.3) is 5.91 Å². The van der Waals surface area contributed by atoms with Crippen molar-refractivity contribution in [2.45, 2.75) is 26.3 Å². The highest BCUT2D eigenvalue weighted by Gasteiger charge is 2.28. The van der Waals surface area contributed by atoms with Crippen molar-refractivity contribution in [2.24, 2.45) is 0 Å². The Morgan fingerprint density at radius 3 is 2.65 bits per heavy atom. The molecule has 0 aliphatic carbocycles. The Kier molecular flexibility index (Phi) is 5.49. The van der Waals surface area contributed by atoms with Gasteiger partial charge in [-0.2, -0.15) is 11.8 Å². The summed E-state index contributed by atoms with van der Waals surface area (Å²) in [4.78, 5) is 16.8. The smallest absolute Gasteiger partial charge is 0.260 e. The van der Waals surface area contributed by atoms with Crippen molar-refractivity contribution in [1.29, 1.82) is 0 Å². The number of rotatable bonds is 4. The third kappa shape index (κ3) is 4.21. The predicted octanol–water partition coefficient (Wildman–Crippen LogP) is 2.33. The van der Waals surface area contributed by atoms with Gasteiger partial charge < -0.3 is 9.64 Å². The number of amides is 1. The lowest BCUT2D eigenvalue weighted by Gasteiger charge is -2.37. The number of carbonyl (C=O) groups is 1. The fraction of sp³-hybridized carbons (Fsp3) is 0.611. The van der Waals surface area contributed by atoms with E-state index in [1.165, 1.54) is 29.1 Å². The van der Waals surface area contributed by atoms with Gasteiger partial charge in [0.15, 0.2) is 6.61 Å². The Morgan fingerprint density at radius 2 is 2.00 bits per heavy atom. The van der Waals surface area contributed by atoms with Crippen LogP contribution < -0.4 is 4.74 Å². The number of hydrogen-bond donors (Lipinski definition) is 0. The second-order valence-corrected chi connectivity index (χ2v) is 7.62. The molecule has 2 fully saturated rings. The first-order chi connectivity index (χ1) is 11.1. The van der Waals surface area contributed by atoms with E-state index in [4.69, 9.17) is 4.74 Å². The summed E-state index contributed by atoms with van der Waals surface area (Å²) in [6.45, 7) is 7.94. The van der Waals surface area contributed by atoms with E-state index in [2.05, 4.69) is 18.7 Å². The summed E-state index contributed by atoms with van der Waals surface area (Å²) in [5.74, 6) is 3.42. The summed E-state index contributed by atoms with van der Waals surface area (Å²) in [6, 6.07) is 6.70. The van der Waals surface area contributed by atoms with Gasteiger partial charge in [-0.1, -0.05) is 6.07 Å². The zero-order valence-corrected chi connectivity index (χ0v) is 14.9. The van der Waals surface area contributed by atoms with Crippen LogP contribution in [0.15, 0.2) is 18.2 Å². The second-order valence-electron chi connectivity index (χ2n) is 6.47. The minimum Gasteiger partial charge on any atom is -0.484 e. The Hall–Kier alpha value is -1.20. The maximum Gasteiger partial charge on any atom is 0.260 e. The van der Waals surface area contributed by atoms with E-state index in [-0.39, 0.29) is 12.5 Å². The van der Waals surface area contributed by atoms with Gasteiger partial charge in [-0.25, -0.2) is 0 Å². The lowest BCUT2D eigenvalue weighted by Crippen LogP contribution is -2.52. The fourth-order valence-electron chi connectivity index (χ4n) is 3.19. The molecular formula is C18H26N2O2S. The fourth-order valence-corrected chi connectivity index (χ4v) is 4.44. The van der Waals surface area contributed by atoms with Crippen molar-refractivity contribution in [1.82, 2.24) is 9.80 Å². The third-order valence-corrected chi connectivity index (χ3v) is 6.07. The molecule has 0 saturated carbocycles. The number of aryl methyl sites for hydroxylation is 2. The minimum absolute atomic E-state index is 0.101. The lowest BCUT2D eigenvalue weighted by molar-refractivity contribution is -0.135. The van der Waals surface area contributed by atoms with Crippen LogP contribution in [0, 0.1) is 13.8 Å². The molecule has 1 aromatic rings. The number of nitrogens with zero attached hydrogens (tertiary/aromatic N) is 2. The van der Waals surface area contributed by atoms with Gasteiger partial charge in [-0.15, -0.1) is 0 Å². The van der Waals surface area contributed by atoms with Gasteiger partial charge in [0, 0.05) is 38.0 Å². The van der Waals surface area contributed by atoms with Crippen LogP contribution >= 0.6 is 11.8 Å². The molecule has 0 bridgehead atoms. The lowest BCUT2D eigenvalue weighted by atomic mass is 10.1. The van der Waals surface area contributed by atoms with E-state index in [0.29, 0.717) is 0 Å². The van der Waals surface area contributed by atoms with Crippen LogP contribution in [0.5, 0.6) is 5.75 Å². The van der Waals surface area contributed by atoms with E-state index < -0.39 is 0 Å². The summed E-state index contributed by atoms with van der Waals surface area (Å²) in [6.07, 6.45) is 1.30. The van der Waals surface area contributed by atoms with Crippen LogP contribution in [-0.2, 0) is 4.79 Å². The van der Waals surface area contributed by atoms with Crippen molar-refractivity contribution in [2.75, 3.05) is 44.3 Å². The quantitative estimate of drug-likeness (QED) is 0.846. The summed E-state index contributed by atoms with van der Waals surface area (Å²) >= 11 is 2.05. The number of thioether (sulfide) groups is 1. The summed E-state index contributed by atoms with van der Waals surface area (Å²) < 4.78 is 5.68. The number of piperazine rings is 1. The average molecular weight is 334 g/mol. The summed E-state index contributed by atoms with van der Waals surface area (Å²) in [5, 5.41) is 0. The molecule has 0 N–H and O–H groups in total. The second kappa shape index (κ2) is 7.58. The van der Waals surface area contributed by atoms with Crippen LogP contribution in [0.4, 0.5) is 0 Å². The van der Waals surface area contributed by atoms with Crippen molar-refractivity contribution < 1.29 is 9.53 Å². The molecule has 0 radical (unpaired) electrons. The topological polar surface area (TPSA) is 32.8 Å². The van der Waals surface area contributed by atoms with E-state index in [9.17, 15) is 4.79 Å². The molecule has 2 heterocycles. The Balaban J connectivity index is 1.44. The third-order valence-electron chi connectivity index (χ3n) is 4.93. The van der Waals surface area contributed by atoms with E-state index in [1.807, 2.05) is 34.9 Å². The highest BCUT2D eigenvalue weighted by atomic mass is 32.2. The van der Waals surface area contributed by atoms with Crippen LogP contribution in [0.25, 0.3) is 0 Å². The molecule has 5 heteroatoms. The molecule has 0 aromatic heterocycles. The first-order valence-corrected chi connectivity index (χ1v) is 9.58. The van der Waals surface area contributed by atoms with Gasteiger partial charge in [0.1, 0.15) is 5.75 Å². The van der Waals surface area contributed by atoms with Crippen LogP contribution in [-0.4, -0.2) is 66.0 Å². The van der Waals surface area contributed by atoms with Gasteiger partial charge in [-0.05, 0) is 49.3 Å². The standard InChI is InChI=1S/C18H26N2O2S/c1-14-3-4-17(11-15(14)2)22-12-18(21)20-8-6-19(7-9-20)16-5-10-23-13-16/h3-4,11,16H,5-10,12-13H2,1-2H3. The maximum absolute atomic E-state index is 12.3. The molecule has 4 nitrogen and oxygen atoms in total. The molecule has 1 atom stereocenters. The van der Waals surface area contributed by atoms with Gasteiger partial charge in [0.2, 0.25) is 0 Å². The highest BCUT2D eigenvalue weighted by molar-refractivity contribution is 7.99. The molecule has 1 unspecified atom stereocenters. The largest absolute Gasteiger partial charge is 0.484 e. The zero-order chi connectivity index (χ0) is 16.2. The Morgan fingerprint density at radius 1 is 1.22 bits per heavy atom. The van der Waals surface area contributed by atoms with Crippen molar-refractivity contribution in [3.05, 3.63) is 29.3 Å². The first-order valence-electron chi connectivity index (χ1n) is 8.43. The molecule has 2 aliphatic heterocycles. The normalized spacial score (nSPS) is 22.3. The SMILES string of the molecule is Cc1ccc(OCC(=O)N2CCN(C3CCSC3)CC2)cc1C. The van der Waals surface area contributed by atoms with Crippen LogP contribution in [0.2, 0.25) is 0 Å². The summed E-state index contributed by atoms with van der Waals surface area (Å²) in [7, 11) is 0. The molecule has 126 valence electrons. The number of hydrogen-bond acceptors (Lipinski definition) is 4. The average Bonchev–Trinajstić information content (AvgIpc) is 3.10. The van der Waals surface area contributed by atoms with Crippen molar-refractivity contribution in [3.8, 4) is 5.75 Å². The number of ether oxygens (including phenoxy) is 1. The monoisotopic (exact) mass is 334 g/mol. The van der Waals surface area contributed by atoms with E-state index in [1.54, 1.807) is 0 Å². The molecule has 23 heavy (non-hydrogen) atoms. The first kappa shape index (κ1) is 16.7. The van der Waals surface area contributed by atoms with Gasteiger partial charge in [0.05, 0.1) is 0 Å². The molecule has 0 spiro atoms. The Bertz CT molecular complexity index is 550. The number of carbonyl (C=O) groups excluding carboxylic acids is 1. The number of benzene rings is 1. The molecule has 1 amide bonds. The van der Waals surface area contributed by atoms with Crippen LogP contribution in [0.3, 0.4) is 0 Å². The van der Waals surface area contributed by atoms with Crippen LogP contribution in [0.1, 0.15) is 17.5 Å². The Labute approximate surface area is 143 Å². The van der Waals surface area contributed by atoms with E-state index in [0.717, 1.165) is 38.0 Å². The van der Waals surface area contributed by atoms with Gasteiger partial charge in [-0.3, -0.25) is 9.69 Å². The molecule has 1 aromatic carbocycles. The summed E-state index contributed by atoms with van der Waals surface area (Å²) in [5.41, 5.74) is 2.43.